The molecule has 1 unspecified atom stereocenters. The summed E-state index contributed by atoms with van der Waals surface area (Å²) in [7, 11) is 3.61. The number of methoxy groups -OCH3 is 1. The molecule has 36 heavy (non-hydrogen) atoms. The van der Waals surface area contributed by atoms with Crippen molar-refractivity contribution in [2.45, 2.75) is 39.0 Å². The summed E-state index contributed by atoms with van der Waals surface area (Å²) in [6.45, 7) is 4.19. The molecular weight excluding hydrogens is 464 g/mol. The monoisotopic (exact) mass is 492 g/mol. The SMILES string of the molecule is CCC1(OC(C)=O)C(=O)OCc2c1cc1n(c2=O)Cc2c-1nc1ccc(N)cc1c2N(C)CCOC. The van der Waals surface area contributed by atoms with Crippen LogP contribution in [0.3, 0.4) is 0 Å². The topological polar surface area (TPSA) is 126 Å². The van der Waals surface area contributed by atoms with Crippen LogP contribution in [0.15, 0.2) is 29.1 Å². The van der Waals surface area contributed by atoms with E-state index >= 15 is 0 Å². The van der Waals surface area contributed by atoms with Gasteiger partial charge in [0.2, 0.25) is 5.60 Å². The first kappa shape index (κ1) is 23.8. The molecule has 0 amide bonds. The minimum atomic E-state index is -1.68. The zero-order valence-corrected chi connectivity index (χ0v) is 20.7. The Kier molecular flexibility index (Phi) is 5.71. The average molecular weight is 493 g/mol. The van der Waals surface area contributed by atoms with Crippen LogP contribution in [0.2, 0.25) is 0 Å². The molecule has 3 aromatic rings. The third kappa shape index (κ3) is 3.43. The van der Waals surface area contributed by atoms with Gasteiger partial charge in [0, 0.05) is 49.8 Å². The number of hydrogen-bond acceptors (Lipinski definition) is 9. The Labute approximate surface area is 207 Å². The Morgan fingerprint density at radius 2 is 2.06 bits per heavy atom. The molecule has 2 aliphatic heterocycles. The van der Waals surface area contributed by atoms with Gasteiger partial charge in [0.25, 0.3) is 5.56 Å². The lowest BCUT2D eigenvalue weighted by molar-refractivity contribution is -0.188. The molecule has 0 saturated carbocycles. The number of benzene rings is 1. The van der Waals surface area contributed by atoms with E-state index in [2.05, 4.69) is 4.90 Å². The van der Waals surface area contributed by atoms with Crippen LogP contribution in [-0.4, -0.2) is 48.8 Å². The molecule has 5 rings (SSSR count). The van der Waals surface area contributed by atoms with E-state index < -0.39 is 17.5 Å². The molecule has 0 spiro atoms. The summed E-state index contributed by atoms with van der Waals surface area (Å²) < 4.78 is 17.8. The van der Waals surface area contributed by atoms with Gasteiger partial charge in [0.05, 0.1) is 41.3 Å². The predicted molar refractivity (Wildman–Crippen MR) is 134 cm³/mol. The fourth-order valence-corrected chi connectivity index (χ4v) is 5.25. The van der Waals surface area contributed by atoms with E-state index in [1.165, 1.54) is 6.92 Å². The fraction of sp³-hybridized carbons (Fsp3) is 0.385. The van der Waals surface area contributed by atoms with E-state index in [1.54, 1.807) is 30.7 Å². The molecule has 10 heteroatoms. The summed E-state index contributed by atoms with van der Waals surface area (Å²) in [6, 6.07) is 7.27. The number of esters is 2. The number of likely N-dealkylation sites (N-methyl/N-ethyl adjacent to an activating group) is 1. The van der Waals surface area contributed by atoms with E-state index in [1.807, 2.05) is 19.2 Å². The van der Waals surface area contributed by atoms with Crippen LogP contribution in [0.5, 0.6) is 0 Å². The van der Waals surface area contributed by atoms with Crippen molar-refractivity contribution in [3.63, 3.8) is 0 Å². The molecule has 0 aliphatic carbocycles. The molecule has 0 fully saturated rings. The van der Waals surface area contributed by atoms with Gasteiger partial charge in [-0.1, -0.05) is 6.92 Å². The number of pyridine rings is 2. The Bertz CT molecular complexity index is 1480. The molecule has 10 nitrogen and oxygen atoms in total. The van der Waals surface area contributed by atoms with E-state index in [4.69, 9.17) is 24.9 Å². The van der Waals surface area contributed by atoms with Crippen molar-refractivity contribution in [2.75, 3.05) is 37.9 Å². The first-order chi connectivity index (χ1) is 17.2. The van der Waals surface area contributed by atoms with Crippen LogP contribution in [0, 0.1) is 0 Å². The molecule has 1 aromatic carbocycles. The van der Waals surface area contributed by atoms with E-state index in [-0.39, 0.29) is 18.6 Å². The van der Waals surface area contributed by atoms with Crippen LogP contribution in [0.1, 0.15) is 37.0 Å². The van der Waals surface area contributed by atoms with Gasteiger partial charge in [-0.3, -0.25) is 9.59 Å². The van der Waals surface area contributed by atoms with Crippen LogP contribution < -0.4 is 16.2 Å². The highest BCUT2D eigenvalue weighted by molar-refractivity contribution is 5.99. The number of aromatic nitrogens is 2. The second-order valence-electron chi connectivity index (χ2n) is 9.14. The molecular formula is C26H28N4O6. The number of ether oxygens (including phenoxy) is 3. The van der Waals surface area contributed by atoms with Crippen molar-refractivity contribution < 1.29 is 23.8 Å². The molecule has 0 saturated heterocycles. The summed E-state index contributed by atoms with van der Waals surface area (Å²) >= 11 is 0. The highest BCUT2D eigenvalue weighted by atomic mass is 16.6. The minimum absolute atomic E-state index is 0.129. The van der Waals surface area contributed by atoms with E-state index in [9.17, 15) is 14.4 Å². The number of hydrogen-bond donors (Lipinski definition) is 1. The number of fused-ring (bicyclic) bond motifs is 5. The Hall–Kier alpha value is -3.92. The molecule has 2 N–H and O–H groups in total. The van der Waals surface area contributed by atoms with Crippen LogP contribution >= 0.6 is 0 Å². The summed E-state index contributed by atoms with van der Waals surface area (Å²) in [5.41, 5.74) is 9.11. The summed E-state index contributed by atoms with van der Waals surface area (Å²) in [4.78, 5) is 45.6. The number of anilines is 2. The standard InChI is InChI=1S/C26H28N4O6/c1-5-26(36-14(2)31)19-11-21-22-17(12-30(21)24(32)18(19)13-35-25(26)33)23(29(3)8-9-34-4)16-10-15(27)6-7-20(16)28-22/h6-7,10-11H,5,8-9,12-13,27H2,1-4H3. The summed E-state index contributed by atoms with van der Waals surface area (Å²) in [6.07, 6.45) is 0.129. The van der Waals surface area contributed by atoms with E-state index in [0.717, 1.165) is 22.2 Å². The maximum absolute atomic E-state index is 13.7. The van der Waals surface area contributed by atoms with Crippen LogP contribution in [0.25, 0.3) is 22.3 Å². The molecule has 1 atom stereocenters. The van der Waals surface area contributed by atoms with E-state index in [0.29, 0.717) is 47.9 Å². The number of rotatable bonds is 6. The number of cyclic esters (lactones) is 1. The lowest BCUT2D eigenvalue weighted by Gasteiger charge is -2.35. The first-order valence-corrected chi connectivity index (χ1v) is 11.8. The second-order valence-corrected chi connectivity index (χ2v) is 9.14. The number of nitrogens with zero attached hydrogens (tertiary/aromatic N) is 3. The maximum Gasteiger partial charge on any atom is 0.355 e. The number of carbonyl (C=O) groups excluding carboxylic acids is 2. The zero-order valence-electron chi connectivity index (χ0n) is 20.7. The summed E-state index contributed by atoms with van der Waals surface area (Å²) in [5.74, 6) is -1.32. The molecule has 4 heterocycles. The normalized spacial score (nSPS) is 17.8. The highest BCUT2D eigenvalue weighted by Gasteiger charge is 2.50. The van der Waals surface area contributed by atoms with Gasteiger partial charge in [0.1, 0.15) is 6.61 Å². The third-order valence-corrected chi connectivity index (χ3v) is 6.98. The van der Waals surface area contributed by atoms with Gasteiger partial charge in [-0.2, -0.15) is 0 Å². The predicted octanol–water partition coefficient (Wildman–Crippen LogP) is 2.32. The van der Waals surface area contributed by atoms with Gasteiger partial charge in [-0.15, -0.1) is 0 Å². The van der Waals surface area contributed by atoms with Crippen molar-refractivity contribution >= 4 is 34.2 Å². The number of nitrogens with two attached hydrogens (primary N) is 1. The molecule has 2 aromatic heterocycles. The van der Waals surface area contributed by atoms with Crippen molar-refractivity contribution in [1.82, 2.24) is 9.55 Å². The lowest BCUT2D eigenvalue weighted by atomic mass is 9.85. The summed E-state index contributed by atoms with van der Waals surface area (Å²) in [5, 5.41) is 0.874. The van der Waals surface area contributed by atoms with Gasteiger partial charge in [-0.25, -0.2) is 9.78 Å². The fourth-order valence-electron chi connectivity index (χ4n) is 5.25. The molecule has 188 valence electrons. The first-order valence-electron chi connectivity index (χ1n) is 11.8. The quantitative estimate of drug-likeness (QED) is 0.319. The number of nitrogen functional groups attached to an aromatic ring is 1. The zero-order chi connectivity index (χ0) is 25.8. The Morgan fingerprint density at radius 3 is 2.75 bits per heavy atom. The largest absolute Gasteiger partial charge is 0.457 e. The van der Waals surface area contributed by atoms with Gasteiger partial charge in [0.15, 0.2) is 0 Å². The van der Waals surface area contributed by atoms with Crippen LogP contribution in [-0.2, 0) is 42.6 Å². The van der Waals surface area contributed by atoms with Gasteiger partial charge in [-0.05, 0) is 30.7 Å². The smallest absolute Gasteiger partial charge is 0.355 e. The van der Waals surface area contributed by atoms with Crippen molar-refractivity contribution in [2.24, 2.45) is 0 Å². The Morgan fingerprint density at radius 1 is 1.28 bits per heavy atom. The minimum Gasteiger partial charge on any atom is -0.457 e. The van der Waals surface area contributed by atoms with Gasteiger partial charge >= 0.3 is 11.9 Å². The molecule has 2 aliphatic rings. The average Bonchev–Trinajstić information content (AvgIpc) is 3.21. The van der Waals surface area contributed by atoms with Crippen molar-refractivity contribution in [3.05, 3.63) is 51.3 Å². The third-order valence-electron chi connectivity index (χ3n) is 6.98. The van der Waals surface area contributed by atoms with Gasteiger partial charge < -0.3 is 29.4 Å². The van der Waals surface area contributed by atoms with Crippen molar-refractivity contribution in [1.29, 1.82) is 0 Å². The lowest BCUT2D eigenvalue weighted by Crippen LogP contribution is -2.47. The molecule has 0 bridgehead atoms. The highest BCUT2D eigenvalue weighted by Crippen LogP contribution is 2.44. The molecule has 0 radical (unpaired) electrons. The van der Waals surface area contributed by atoms with Crippen LogP contribution in [0.4, 0.5) is 11.4 Å². The second kappa shape index (κ2) is 8.63. The Balaban J connectivity index is 1.79. The number of carbonyl (C=O) groups is 2. The maximum atomic E-state index is 13.7. The van der Waals surface area contributed by atoms with Crippen molar-refractivity contribution in [3.8, 4) is 11.4 Å².